The summed E-state index contributed by atoms with van der Waals surface area (Å²) in [5, 5.41) is 8.99. The van der Waals surface area contributed by atoms with E-state index in [-0.39, 0.29) is 17.6 Å². The van der Waals surface area contributed by atoms with E-state index in [0.29, 0.717) is 12.8 Å². The highest BCUT2D eigenvalue weighted by Crippen LogP contribution is 2.36. The molecule has 1 fully saturated rings. The van der Waals surface area contributed by atoms with E-state index in [9.17, 15) is 9.59 Å². The van der Waals surface area contributed by atoms with Crippen molar-refractivity contribution in [2.45, 2.75) is 39.5 Å². The van der Waals surface area contributed by atoms with Gasteiger partial charge in [-0.05, 0) is 25.2 Å². The molecule has 3 atom stereocenters. The molecule has 0 amide bonds. The molecule has 0 bridgehead atoms. The van der Waals surface area contributed by atoms with Crippen LogP contribution in [-0.4, -0.2) is 16.9 Å². The zero-order valence-electron chi connectivity index (χ0n) is 9.98. The van der Waals surface area contributed by atoms with Crippen LogP contribution < -0.4 is 0 Å². The van der Waals surface area contributed by atoms with Crippen LogP contribution in [0.25, 0.3) is 0 Å². The number of ketones is 1. The molecular weight excluding hydrogens is 204 g/mol. The summed E-state index contributed by atoms with van der Waals surface area (Å²) in [7, 11) is 0. The normalized spacial score (nSPS) is 27.5. The van der Waals surface area contributed by atoms with Gasteiger partial charge in [0.05, 0.1) is 5.92 Å². The lowest BCUT2D eigenvalue weighted by atomic mass is 9.83. The van der Waals surface area contributed by atoms with Crippen LogP contribution in [0.5, 0.6) is 0 Å². The van der Waals surface area contributed by atoms with E-state index in [0.717, 1.165) is 12.8 Å². The lowest BCUT2D eigenvalue weighted by molar-refractivity contribution is -0.143. The number of Topliss-reactive ketones (excluding diaryl/α,β-unsaturated/α-hetero) is 1. The Morgan fingerprint density at radius 2 is 2.25 bits per heavy atom. The third-order valence-electron chi connectivity index (χ3n) is 3.48. The molecule has 3 nitrogen and oxygen atoms in total. The van der Waals surface area contributed by atoms with Gasteiger partial charge in [-0.1, -0.05) is 26.0 Å². The van der Waals surface area contributed by atoms with Gasteiger partial charge in [-0.15, -0.1) is 0 Å². The third kappa shape index (κ3) is 2.94. The van der Waals surface area contributed by atoms with Gasteiger partial charge < -0.3 is 5.11 Å². The van der Waals surface area contributed by atoms with Crippen molar-refractivity contribution in [2.75, 3.05) is 0 Å². The molecule has 90 valence electrons. The first kappa shape index (κ1) is 12.9. The minimum atomic E-state index is -0.788. The fourth-order valence-corrected chi connectivity index (χ4v) is 2.43. The highest BCUT2D eigenvalue weighted by atomic mass is 16.4. The van der Waals surface area contributed by atoms with Gasteiger partial charge in [0.1, 0.15) is 5.78 Å². The maximum absolute atomic E-state index is 11.7. The second kappa shape index (κ2) is 5.83. The maximum atomic E-state index is 11.7. The van der Waals surface area contributed by atoms with Gasteiger partial charge in [0.25, 0.3) is 0 Å². The molecule has 1 saturated carbocycles. The molecule has 0 aromatic heterocycles. The van der Waals surface area contributed by atoms with E-state index in [4.69, 9.17) is 5.11 Å². The first-order valence-corrected chi connectivity index (χ1v) is 5.98. The van der Waals surface area contributed by atoms with Crippen LogP contribution in [0.4, 0.5) is 0 Å². The number of carbonyl (C=O) groups is 2. The lowest BCUT2D eigenvalue weighted by Gasteiger charge is -2.20. The quantitative estimate of drug-likeness (QED) is 0.730. The summed E-state index contributed by atoms with van der Waals surface area (Å²) in [4.78, 5) is 22.6. The molecule has 0 radical (unpaired) electrons. The van der Waals surface area contributed by atoms with E-state index >= 15 is 0 Å². The first-order valence-electron chi connectivity index (χ1n) is 5.98. The second-order valence-electron chi connectivity index (χ2n) is 4.52. The van der Waals surface area contributed by atoms with E-state index < -0.39 is 11.9 Å². The molecule has 1 aliphatic carbocycles. The SMILES string of the molecule is CCC=CCC1C(=O)CCC1C(C)C(=O)O. The van der Waals surface area contributed by atoms with Gasteiger partial charge in [0, 0.05) is 12.3 Å². The summed E-state index contributed by atoms with van der Waals surface area (Å²) in [6.07, 6.45) is 6.99. The maximum Gasteiger partial charge on any atom is 0.306 e. The Balaban J connectivity index is 2.66. The lowest BCUT2D eigenvalue weighted by Crippen LogP contribution is -2.25. The van der Waals surface area contributed by atoms with Crippen molar-refractivity contribution < 1.29 is 14.7 Å². The molecule has 16 heavy (non-hydrogen) atoms. The number of hydrogen-bond donors (Lipinski definition) is 1. The molecular formula is C13H20O3. The van der Waals surface area contributed by atoms with Crippen molar-refractivity contribution in [1.29, 1.82) is 0 Å². The summed E-state index contributed by atoms with van der Waals surface area (Å²) in [5.74, 6) is -1.02. The molecule has 0 aromatic rings. The molecule has 3 heteroatoms. The number of allylic oxidation sites excluding steroid dienone is 2. The predicted molar refractivity (Wildman–Crippen MR) is 62.1 cm³/mol. The van der Waals surface area contributed by atoms with Crippen LogP contribution in [-0.2, 0) is 9.59 Å². The van der Waals surface area contributed by atoms with Crippen molar-refractivity contribution in [2.24, 2.45) is 17.8 Å². The summed E-state index contributed by atoms with van der Waals surface area (Å²) in [6, 6.07) is 0. The summed E-state index contributed by atoms with van der Waals surface area (Å²) < 4.78 is 0. The molecule has 0 saturated heterocycles. The molecule has 0 heterocycles. The minimum Gasteiger partial charge on any atom is -0.481 e. The van der Waals surface area contributed by atoms with Gasteiger partial charge in [0.2, 0.25) is 0 Å². The summed E-state index contributed by atoms with van der Waals surface area (Å²) in [5.41, 5.74) is 0. The molecule has 0 spiro atoms. The first-order chi connectivity index (χ1) is 7.57. The Morgan fingerprint density at radius 3 is 2.81 bits per heavy atom. The second-order valence-corrected chi connectivity index (χ2v) is 4.52. The van der Waals surface area contributed by atoms with Gasteiger partial charge in [-0.3, -0.25) is 9.59 Å². The zero-order chi connectivity index (χ0) is 12.1. The average molecular weight is 224 g/mol. The Labute approximate surface area is 96.5 Å². The van der Waals surface area contributed by atoms with Crippen molar-refractivity contribution >= 4 is 11.8 Å². The number of carbonyl (C=O) groups excluding carboxylic acids is 1. The Bertz CT molecular complexity index is 294. The zero-order valence-corrected chi connectivity index (χ0v) is 9.98. The molecule has 0 aromatic carbocycles. The van der Waals surface area contributed by atoms with Crippen LogP contribution in [0.2, 0.25) is 0 Å². The molecule has 1 N–H and O–H groups in total. The number of carboxylic acid groups (broad SMARTS) is 1. The Morgan fingerprint density at radius 1 is 1.56 bits per heavy atom. The van der Waals surface area contributed by atoms with Crippen molar-refractivity contribution in [3.63, 3.8) is 0 Å². The molecule has 1 rings (SSSR count). The summed E-state index contributed by atoms with van der Waals surface area (Å²) in [6.45, 7) is 3.76. The topological polar surface area (TPSA) is 54.4 Å². The van der Waals surface area contributed by atoms with Crippen LogP contribution in [0.15, 0.2) is 12.2 Å². The third-order valence-corrected chi connectivity index (χ3v) is 3.48. The van der Waals surface area contributed by atoms with Crippen molar-refractivity contribution in [3.8, 4) is 0 Å². The van der Waals surface area contributed by atoms with Crippen molar-refractivity contribution in [1.82, 2.24) is 0 Å². The van der Waals surface area contributed by atoms with Crippen LogP contribution in [0, 0.1) is 17.8 Å². The minimum absolute atomic E-state index is 0.0199. The van der Waals surface area contributed by atoms with E-state index in [1.807, 2.05) is 19.1 Å². The van der Waals surface area contributed by atoms with E-state index in [1.54, 1.807) is 6.92 Å². The molecule has 0 aliphatic heterocycles. The van der Waals surface area contributed by atoms with Crippen LogP contribution in [0.3, 0.4) is 0 Å². The molecule has 1 aliphatic rings. The van der Waals surface area contributed by atoms with E-state index in [2.05, 4.69) is 0 Å². The number of carboxylic acids is 1. The van der Waals surface area contributed by atoms with Gasteiger partial charge in [-0.25, -0.2) is 0 Å². The number of rotatable bonds is 5. The van der Waals surface area contributed by atoms with Crippen molar-refractivity contribution in [3.05, 3.63) is 12.2 Å². The summed E-state index contributed by atoms with van der Waals surface area (Å²) >= 11 is 0. The van der Waals surface area contributed by atoms with E-state index in [1.165, 1.54) is 0 Å². The highest BCUT2D eigenvalue weighted by Gasteiger charge is 2.39. The average Bonchev–Trinajstić information content (AvgIpc) is 2.60. The Kier molecular flexibility index (Phi) is 4.71. The largest absolute Gasteiger partial charge is 0.481 e. The van der Waals surface area contributed by atoms with Crippen LogP contribution >= 0.6 is 0 Å². The fraction of sp³-hybridized carbons (Fsp3) is 0.692. The Hall–Kier alpha value is -1.12. The molecule has 3 unspecified atom stereocenters. The monoisotopic (exact) mass is 224 g/mol. The smallest absolute Gasteiger partial charge is 0.306 e. The fourth-order valence-electron chi connectivity index (χ4n) is 2.43. The van der Waals surface area contributed by atoms with Gasteiger partial charge >= 0.3 is 5.97 Å². The number of hydrogen-bond acceptors (Lipinski definition) is 2. The highest BCUT2D eigenvalue weighted by molar-refractivity contribution is 5.84. The standard InChI is InChI=1S/C13H20O3/c1-3-4-5-6-11-10(7-8-12(11)14)9(2)13(15)16/h4-5,9-11H,3,6-8H2,1-2H3,(H,15,16). The van der Waals surface area contributed by atoms with Crippen LogP contribution in [0.1, 0.15) is 39.5 Å². The predicted octanol–water partition coefficient (Wildman–Crippen LogP) is 2.66. The number of aliphatic carboxylic acids is 1. The van der Waals surface area contributed by atoms with Gasteiger partial charge in [0.15, 0.2) is 0 Å². The van der Waals surface area contributed by atoms with Gasteiger partial charge in [-0.2, -0.15) is 0 Å².